The lowest BCUT2D eigenvalue weighted by Crippen LogP contribution is -2.41. The Morgan fingerprint density at radius 1 is 1.19 bits per heavy atom. The SMILES string of the molecule is COc1ccc([C@H]2CCCN2[C@H](C)C(=O)Nc2ccc(Cl)cc2)c(OC)c1. The van der Waals surface area contributed by atoms with Crippen molar-refractivity contribution in [3.05, 3.63) is 53.1 Å². The van der Waals surface area contributed by atoms with Crippen LogP contribution < -0.4 is 14.8 Å². The van der Waals surface area contributed by atoms with E-state index in [0.29, 0.717) is 5.02 Å². The molecule has 1 N–H and O–H groups in total. The minimum Gasteiger partial charge on any atom is -0.497 e. The molecule has 1 saturated heterocycles. The van der Waals surface area contributed by atoms with Crippen LogP contribution >= 0.6 is 11.6 Å². The van der Waals surface area contributed by atoms with E-state index >= 15 is 0 Å². The zero-order valence-corrected chi connectivity index (χ0v) is 16.6. The summed E-state index contributed by atoms with van der Waals surface area (Å²) in [6.45, 7) is 2.81. The predicted octanol–water partition coefficient (Wildman–Crippen LogP) is 4.52. The molecule has 3 rings (SSSR count). The number of anilines is 1. The Hall–Kier alpha value is -2.24. The number of hydrogen-bond donors (Lipinski definition) is 1. The number of amides is 1. The van der Waals surface area contributed by atoms with E-state index < -0.39 is 0 Å². The molecule has 2 aromatic rings. The fraction of sp³-hybridized carbons (Fsp3) is 0.381. The zero-order valence-electron chi connectivity index (χ0n) is 15.9. The average molecular weight is 389 g/mol. The number of hydrogen-bond acceptors (Lipinski definition) is 4. The van der Waals surface area contributed by atoms with E-state index in [-0.39, 0.29) is 18.0 Å². The highest BCUT2D eigenvalue weighted by Crippen LogP contribution is 2.39. The van der Waals surface area contributed by atoms with Crippen molar-refractivity contribution in [3.63, 3.8) is 0 Å². The molecule has 1 aliphatic heterocycles. The molecule has 5 nitrogen and oxygen atoms in total. The van der Waals surface area contributed by atoms with Gasteiger partial charge in [0.15, 0.2) is 0 Å². The lowest BCUT2D eigenvalue weighted by Gasteiger charge is -2.31. The van der Waals surface area contributed by atoms with Gasteiger partial charge in [0.25, 0.3) is 0 Å². The number of halogens is 1. The van der Waals surface area contributed by atoms with Gasteiger partial charge in [0.2, 0.25) is 5.91 Å². The summed E-state index contributed by atoms with van der Waals surface area (Å²) in [6, 6.07) is 12.9. The van der Waals surface area contributed by atoms with Gasteiger partial charge in [-0.25, -0.2) is 0 Å². The van der Waals surface area contributed by atoms with Crippen LogP contribution in [0.25, 0.3) is 0 Å². The summed E-state index contributed by atoms with van der Waals surface area (Å²) in [6.07, 6.45) is 2.03. The van der Waals surface area contributed by atoms with E-state index in [0.717, 1.165) is 42.1 Å². The summed E-state index contributed by atoms with van der Waals surface area (Å²) < 4.78 is 10.9. The quantitative estimate of drug-likeness (QED) is 0.790. The van der Waals surface area contributed by atoms with E-state index in [1.165, 1.54) is 0 Å². The second-order valence-corrected chi connectivity index (χ2v) is 7.11. The molecule has 0 spiro atoms. The molecule has 1 heterocycles. The average Bonchev–Trinajstić information content (AvgIpc) is 3.18. The van der Waals surface area contributed by atoms with E-state index in [9.17, 15) is 4.79 Å². The first kappa shape index (κ1) is 19.5. The van der Waals surface area contributed by atoms with E-state index in [1.807, 2.05) is 25.1 Å². The number of rotatable bonds is 6. The molecule has 2 atom stereocenters. The third-order valence-electron chi connectivity index (χ3n) is 5.08. The van der Waals surface area contributed by atoms with Crippen molar-refractivity contribution >= 4 is 23.2 Å². The van der Waals surface area contributed by atoms with E-state index in [4.69, 9.17) is 21.1 Å². The highest BCUT2D eigenvalue weighted by atomic mass is 35.5. The van der Waals surface area contributed by atoms with Gasteiger partial charge in [0.1, 0.15) is 11.5 Å². The Bertz CT molecular complexity index is 795. The number of carbonyl (C=O) groups is 1. The van der Waals surface area contributed by atoms with Gasteiger partial charge in [-0.05, 0) is 56.6 Å². The topological polar surface area (TPSA) is 50.8 Å². The minimum absolute atomic E-state index is 0.0308. The first-order chi connectivity index (χ1) is 13.0. The van der Waals surface area contributed by atoms with Crippen LogP contribution in [0.3, 0.4) is 0 Å². The Morgan fingerprint density at radius 2 is 1.93 bits per heavy atom. The number of nitrogens with zero attached hydrogens (tertiary/aromatic N) is 1. The standard InChI is InChI=1S/C21H25ClN2O3/c1-14(21(25)23-16-8-6-15(22)7-9-16)24-12-4-5-19(24)18-11-10-17(26-2)13-20(18)27-3/h6-11,13-14,19H,4-5,12H2,1-3H3,(H,23,25)/t14-,19-/m1/s1. The number of likely N-dealkylation sites (tertiary alicyclic amines) is 1. The van der Waals surface area contributed by atoms with Gasteiger partial charge in [-0.3, -0.25) is 9.69 Å². The molecular weight excluding hydrogens is 364 g/mol. The van der Waals surface area contributed by atoms with Gasteiger partial charge in [-0.2, -0.15) is 0 Å². The molecule has 0 unspecified atom stereocenters. The molecule has 0 saturated carbocycles. The first-order valence-corrected chi connectivity index (χ1v) is 9.45. The van der Waals surface area contributed by atoms with Crippen molar-refractivity contribution in [2.45, 2.75) is 31.8 Å². The summed E-state index contributed by atoms with van der Waals surface area (Å²) in [4.78, 5) is 15.0. The van der Waals surface area contributed by atoms with Gasteiger partial charge < -0.3 is 14.8 Å². The van der Waals surface area contributed by atoms with Crippen LogP contribution in [0.5, 0.6) is 11.5 Å². The molecule has 0 radical (unpaired) electrons. The van der Waals surface area contributed by atoms with Crippen LogP contribution in [-0.4, -0.2) is 37.6 Å². The van der Waals surface area contributed by atoms with Crippen LogP contribution in [0.1, 0.15) is 31.4 Å². The zero-order chi connectivity index (χ0) is 19.4. The smallest absolute Gasteiger partial charge is 0.241 e. The van der Waals surface area contributed by atoms with Crippen molar-refractivity contribution in [1.82, 2.24) is 4.90 Å². The maximum absolute atomic E-state index is 12.8. The van der Waals surface area contributed by atoms with E-state index in [2.05, 4.69) is 10.2 Å². The van der Waals surface area contributed by atoms with Gasteiger partial charge >= 0.3 is 0 Å². The van der Waals surface area contributed by atoms with Crippen LogP contribution in [0.15, 0.2) is 42.5 Å². The summed E-state index contributed by atoms with van der Waals surface area (Å²) >= 11 is 5.91. The van der Waals surface area contributed by atoms with Gasteiger partial charge in [-0.15, -0.1) is 0 Å². The molecule has 2 aromatic carbocycles. The lowest BCUT2D eigenvalue weighted by atomic mass is 10.0. The Morgan fingerprint density at radius 3 is 2.59 bits per heavy atom. The fourth-order valence-corrected chi connectivity index (χ4v) is 3.74. The Balaban J connectivity index is 1.77. The number of ether oxygens (including phenoxy) is 2. The monoisotopic (exact) mass is 388 g/mol. The molecule has 27 heavy (non-hydrogen) atoms. The maximum Gasteiger partial charge on any atom is 0.241 e. The normalized spacial score (nSPS) is 18.1. The predicted molar refractivity (Wildman–Crippen MR) is 108 cm³/mol. The highest BCUT2D eigenvalue weighted by Gasteiger charge is 2.34. The Kier molecular flexibility index (Phi) is 6.24. The van der Waals surface area contributed by atoms with Crippen molar-refractivity contribution in [3.8, 4) is 11.5 Å². The number of methoxy groups -OCH3 is 2. The molecule has 144 valence electrons. The summed E-state index contributed by atoms with van der Waals surface area (Å²) in [5, 5.41) is 3.62. The second-order valence-electron chi connectivity index (χ2n) is 6.68. The minimum atomic E-state index is -0.264. The molecule has 0 bridgehead atoms. The number of carbonyl (C=O) groups excluding carboxylic acids is 1. The van der Waals surface area contributed by atoms with Crippen molar-refractivity contribution in [1.29, 1.82) is 0 Å². The summed E-state index contributed by atoms with van der Waals surface area (Å²) in [5.41, 5.74) is 1.83. The summed E-state index contributed by atoms with van der Waals surface area (Å²) in [7, 11) is 3.30. The largest absolute Gasteiger partial charge is 0.497 e. The summed E-state index contributed by atoms with van der Waals surface area (Å²) in [5.74, 6) is 1.52. The van der Waals surface area contributed by atoms with Gasteiger partial charge in [-0.1, -0.05) is 17.7 Å². The maximum atomic E-state index is 12.8. The fourth-order valence-electron chi connectivity index (χ4n) is 3.61. The van der Waals surface area contributed by atoms with Crippen LogP contribution in [0.2, 0.25) is 5.02 Å². The molecule has 1 fully saturated rings. The highest BCUT2D eigenvalue weighted by molar-refractivity contribution is 6.30. The molecule has 6 heteroatoms. The van der Waals surface area contributed by atoms with Crippen molar-refractivity contribution in [2.24, 2.45) is 0 Å². The van der Waals surface area contributed by atoms with Crippen molar-refractivity contribution < 1.29 is 14.3 Å². The Labute approximate surface area is 165 Å². The lowest BCUT2D eigenvalue weighted by molar-refractivity contribution is -0.121. The number of benzene rings is 2. The molecular formula is C21H25ClN2O3. The first-order valence-electron chi connectivity index (χ1n) is 9.07. The van der Waals surface area contributed by atoms with Gasteiger partial charge in [0.05, 0.1) is 20.3 Å². The molecule has 1 aliphatic rings. The molecule has 0 aromatic heterocycles. The third-order valence-corrected chi connectivity index (χ3v) is 5.33. The van der Waals surface area contributed by atoms with Crippen molar-refractivity contribution in [2.75, 3.05) is 26.1 Å². The van der Waals surface area contributed by atoms with Crippen LogP contribution in [-0.2, 0) is 4.79 Å². The number of nitrogens with one attached hydrogen (secondary N) is 1. The molecule has 1 amide bonds. The van der Waals surface area contributed by atoms with Crippen LogP contribution in [0, 0.1) is 0 Å². The second kappa shape index (κ2) is 8.63. The van der Waals surface area contributed by atoms with E-state index in [1.54, 1.807) is 38.5 Å². The third kappa shape index (κ3) is 4.37. The molecule has 0 aliphatic carbocycles. The van der Waals surface area contributed by atoms with Gasteiger partial charge in [0, 0.05) is 28.4 Å². The van der Waals surface area contributed by atoms with Crippen LogP contribution in [0.4, 0.5) is 5.69 Å².